The molecule has 0 radical (unpaired) electrons. The lowest BCUT2D eigenvalue weighted by atomic mass is 10.00. The monoisotopic (exact) mass is 366 g/mol. The Kier molecular flexibility index (Phi) is 5.71. The van der Waals surface area contributed by atoms with Gasteiger partial charge in [-0.2, -0.15) is 5.10 Å². The highest BCUT2D eigenvalue weighted by Gasteiger charge is 2.25. The Labute approximate surface area is 159 Å². The molecule has 3 N–H and O–H groups in total. The van der Waals surface area contributed by atoms with Crippen molar-refractivity contribution in [1.29, 1.82) is 0 Å². The zero-order valence-corrected chi connectivity index (χ0v) is 16.0. The van der Waals surface area contributed by atoms with E-state index >= 15 is 0 Å². The molecule has 2 heterocycles. The van der Waals surface area contributed by atoms with Gasteiger partial charge in [0.15, 0.2) is 5.96 Å². The van der Waals surface area contributed by atoms with Crippen LogP contribution in [-0.2, 0) is 19.2 Å². The Hall–Kier alpha value is -2.93. The summed E-state index contributed by atoms with van der Waals surface area (Å²) in [5.74, 6) is 0.655. The Balaban J connectivity index is 1.73. The summed E-state index contributed by atoms with van der Waals surface area (Å²) in [6, 6.07) is 10.0. The van der Waals surface area contributed by atoms with E-state index in [0.717, 1.165) is 28.6 Å². The average Bonchev–Trinajstić information content (AvgIpc) is 3.11. The number of nitrogens with one attached hydrogen (secondary N) is 2. The van der Waals surface area contributed by atoms with Crippen molar-refractivity contribution < 1.29 is 5.11 Å². The van der Waals surface area contributed by atoms with E-state index in [1.165, 1.54) is 0 Å². The molecule has 0 fully saturated rings. The molecule has 0 spiro atoms. The number of aryl methyl sites for hydroxylation is 1. The largest absolute Gasteiger partial charge is 0.383 e. The number of nitrogens with zero attached hydrogens (tertiary/aromatic N) is 4. The van der Waals surface area contributed by atoms with E-state index in [-0.39, 0.29) is 0 Å². The van der Waals surface area contributed by atoms with Crippen LogP contribution in [0.2, 0.25) is 0 Å². The molecule has 0 bridgehead atoms. The Morgan fingerprint density at radius 2 is 2.07 bits per heavy atom. The van der Waals surface area contributed by atoms with Gasteiger partial charge in [-0.3, -0.25) is 9.67 Å². The maximum absolute atomic E-state index is 10.7. The van der Waals surface area contributed by atoms with Gasteiger partial charge in [0.2, 0.25) is 0 Å². The van der Waals surface area contributed by atoms with Crippen LogP contribution in [-0.4, -0.2) is 38.9 Å². The molecule has 3 rings (SSSR count). The number of benzene rings is 1. The maximum atomic E-state index is 10.7. The van der Waals surface area contributed by atoms with E-state index in [2.05, 4.69) is 31.8 Å². The van der Waals surface area contributed by atoms with Gasteiger partial charge in [0.1, 0.15) is 5.60 Å². The molecule has 1 aromatic carbocycles. The molecular formula is C20H26N6O. The number of aliphatic imine (C=N–C) groups is 1. The van der Waals surface area contributed by atoms with Gasteiger partial charge in [-0.1, -0.05) is 18.2 Å². The highest BCUT2D eigenvalue weighted by atomic mass is 16.3. The van der Waals surface area contributed by atoms with Gasteiger partial charge < -0.3 is 15.7 Å². The van der Waals surface area contributed by atoms with Crippen LogP contribution in [0.5, 0.6) is 0 Å². The number of aromatic nitrogens is 3. The summed E-state index contributed by atoms with van der Waals surface area (Å²) in [5.41, 5.74) is 1.78. The number of hydrogen-bond donors (Lipinski definition) is 3. The third-order valence-corrected chi connectivity index (χ3v) is 4.42. The quantitative estimate of drug-likeness (QED) is 0.458. The van der Waals surface area contributed by atoms with Crippen LogP contribution in [0, 0.1) is 0 Å². The third kappa shape index (κ3) is 4.62. The van der Waals surface area contributed by atoms with E-state index in [9.17, 15) is 5.11 Å². The minimum absolute atomic E-state index is 0.321. The molecule has 3 aromatic rings. The zero-order valence-electron chi connectivity index (χ0n) is 16.0. The molecule has 27 heavy (non-hydrogen) atoms. The zero-order chi connectivity index (χ0) is 19.3. The topological polar surface area (TPSA) is 87.4 Å². The Morgan fingerprint density at radius 3 is 2.81 bits per heavy atom. The van der Waals surface area contributed by atoms with E-state index in [1.54, 1.807) is 24.0 Å². The first-order valence-corrected chi connectivity index (χ1v) is 9.06. The second-order valence-electron chi connectivity index (χ2n) is 6.71. The molecule has 2 aromatic heterocycles. The van der Waals surface area contributed by atoms with Crippen LogP contribution < -0.4 is 10.6 Å². The average molecular weight is 366 g/mol. The van der Waals surface area contributed by atoms with Crippen molar-refractivity contribution >= 4 is 16.9 Å². The molecule has 0 aliphatic rings. The van der Waals surface area contributed by atoms with Crippen molar-refractivity contribution in [3.8, 4) is 0 Å². The summed E-state index contributed by atoms with van der Waals surface area (Å²) in [4.78, 5) is 9.06. The number of fused-ring (bicyclic) bond motifs is 1. The van der Waals surface area contributed by atoms with E-state index in [1.807, 2.05) is 44.4 Å². The summed E-state index contributed by atoms with van der Waals surface area (Å²) in [7, 11) is 1.83. The highest BCUT2D eigenvalue weighted by Crippen LogP contribution is 2.19. The minimum atomic E-state index is -1.05. The lowest BCUT2D eigenvalue weighted by Gasteiger charge is -2.23. The van der Waals surface area contributed by atoms with Gasteiger partial charge in [-0.15, -0.1) is 0 Å². The standard InChI is InChI=1S/C20H26N6O/c1-4-21-19(24-14-20(2,27)16-12-25-26(3)13-16)23-11-15-9-10-22-18-8-6-5-7-17(15)18/h5-10,12-13,27H,4,11,14H2,1-3H3,(H2,21,23,24). The van der Waals surface area contributed by atoms with Crippen LogP contribution in [0.1, 0.15) is 25.0 Å². The fourth-order valence-corrected chi connectivity index (χ4v) is 2.86. The van der Waals surface area contributed by atoms with Crippen molar-refractivity contribution in [3.05, 3.63) is 60.0 Å². The number of para-hydroxylation sites is 1. The molecule has 1 atom stereocenters. The predicted octanol–water partition coefficient (Wildman–Crippen LogP) is 1.93. The van der Waals surface area contributed by atoms with Gasteiger partial charge >= 0.3 is 0 Å². The minimum Gasteiger partial charge on any atom is -0.383 e. The molecule has 7 heteroatoms. The molecular weight excluding hydrogens is 340 g/mol. The first kappa shape index (κ1) is 18.8. The molecule has 7 nitrogen and oxygen atoms in total. The summed E-state index contributed by atoms with van der Waals surface area (Å²) in [6.45, 7) is 5.35. The molecule has 0 aliphatic heterocycles. The van der Waals surface area contributed by atoms with Crippen LogP contribution in [0.25, 0.3) is 10.9 Å². The van der Waals surface area contributed by atoms with Crippen molar-refractivity contribution in [2.75, 3.05) is 13.1 Å². The molecule has 0 aliphatic carbocycles. The van der Waals surface area contributed by atoms with Crippen LogP contribution in [0.15, 0.2) is 53.9 Å². The summed E-state index contributed by atoms with van der Waals surface area (Å²) in [6.07, 6.45) is 5.30. The van der Waals surface area contributed by atoms with Crippen molar-refractivity contribution in [2.24, 2.45) is 12.0 Å². The van der Waals surface area contributed by atoms with Crippen LogP contribution >= 0.6 is 0 Å². The van der Waals surface area contributed by atoms with E-state index < -0.39 is 5.60 Å². The molecule has 0 saturated heterocycles. The van der Waals surface area contributed by atoms with Crippen molar-refractivity contribution in [2.45, 2.75) is 26.0 Å². The molecule has 142 valence electrons. The summed E-state index contributed by atoms with van der Waals surface area (Å²) < 4.78 is 1.68. The lowest BCUT2D eigenvalue weighted by Crippen LogP contribution is -2.44. The smallest absolute Gasteiger partial charge is 0.191 e. The third-order valence-electron chi connectivity index (χ3n) is 4.42. The summed E-state index contributed by atoms with van der Waals surface area (Å²) >= 11 is 0. The second kappa shape index (κ2) is 8.18. The molecule has 1 unspecified atom stereocenters. The Bertz CT molecular complexity index is 926. The first-order chi connectivity index (χ1) is 13.0. The predicted molar refractivity (Wildman–Crippen MR) is 107 cm³/mol. The van der Waals surface area contributed by atoms with Crippen LogP contribution in [0.3, 0.4) is 0 Å². The van der Waals surface area contributed by atoms with Gasteiger partial charge in [0, 0.05) is 36.9 Å². The second-order valence-corrected chi connectivity index (χ2v) is 6.71. The fraction of sp³-hybridized carbons (Fsp3) is 0.350. The number of pyridine rings is 1. The van der Waals surface area contributed by atoms with Gasteiger partial charge in [0.25, 0.3) is 0 Å². The van der Waals surface area contributed by atoms with E-state index in [4.69, 9.17) is 0 Å². The number of aliphatic hydroxyl groups is 1. The highest BCUT2D eigenvalue weighted by molar-refractivity contribution is 5.83. The van der Waals surface area contributed by atoms with E-state index in [0.29, 0.717) is 19.0 Å². The van der Waals surface area contributed by atoms with Gasteiger partial charge in [-0.05, 0) is 31.5 Å². The normalized spacial score (nSPS) is 14.1. The number of hydrogen-bond acceptors (Lipinski definition) is 4. The fourth-order valence-electron chi connectivity index (χ4n) is 2.86. The SMILES string of the molecule is CCNC(=NCc1ccnc2ccccc12)NCC(C)(O)c1cnn(C)c1. The lowest BCUT2D eigenvalue weighted by molar-refractivity contribution is 0.0616. The first-order valence-electron chi connectivity index (χ1n) is 9.06. The van der Waals surface area contributed by atoms with Crippen molar-refractivity contribution in [3.63, 3.8) is 0 Å². The van der Waals surface area contributed by atoms with Crippen molar-refractivity contribution in [1.82, 2.24) is 25.4 Å². The number of rotatable bonds is 6. The van der Waals surface area contributed by atoms with Crippen LogP contribution in [0.4, 0.5) is 0 Å². The summed E-state index contributed by atoms with van der Waals surface area (Å²) in [5, 5.41) is 22.4. The number of guanidine groups is 1. The Morgan fingerprint density at radius 1 is 1.26 bits per heavy atom. The van der Waals surface area contributed by atoms with Gasteiger partial charge in [-0.25, -0.2) is 4.99 Å². The van der Waals surface area contributed by atoms with Gasteiger partial charge in [0.05, 0.1) is 24.8 Å². The molecule has 0 amide bonds. The maximum Gasteiger partial charge on any atom is 0.191 e. The molecule has 0 saturated carbocycles.